The predicted molar refractivity (Wildman–Crippen MR) is 107 cm³/mol. The summed E-state index contributed by atoms with van der Waals surface area (Å²) in [5.74, 6) is 1.54. The zero-order valence-corrected chi connectivity index (χ0v) is 16.2. The predicted octanol–water partition coefficient (Wildman–Crippen LogP) is 3.25. The van der Waals surface area contributed by atoms with Crippen molar-refractivity contribution < 1.29 is 4.79 Å². The van der Waals surface area contributed by atoms with E-state index < -0.39 is 0 Å². The zero-order chi connectivity index (χ0) is 18.5. The Hall–Kier alpha value is -2.06. The summed E-state index contributed by atoms with van der Waals surface area (Å²) in [6.07, 6.45) is 9.57. The molecule has 2 aromatic heterocycles. The molecule has 2 N–H and O–H groups in total. The van der Waals surface area contributed by atoms with Gasteiger partial charge < -0.3 is 10.2 Å². The number of likely N-dealkylation sites (tertiary alicyclic amines) is 1. The summed E-state index contributed by atoms with van der Waals surface area (Å²) in [6.45, 7) is 3.61. The van der Waals surface area contributed by atoms with E-state index in [0.29, 0.717) is 16.7 Å². The topological polar surface area (TPSA) is 83.0 Å². The third-order valence-electron chi connectivity index (χ3n) is 5.54. The van der Waals surface area contributed by atoms with Gasteiger partial charge in [0.15, 0.2) is 0 Å². The monoisotopic (exact) mass is 386 g/mol. The van der Waals surface area contributed by atoms with Crippen LogP contribution in [0.3, 0.4) is 0 Å². The second-order valence-electron chi connectivity index (χ2n) is 7.50. The number of hydrogen-bond acceptors (Lipinski definition) is 7. The summed E-state index contributed by atoms with van der Waals surface area (Å²) in [4.78, 5) is 19.2. The molecule has 27 heavy (non-hydrogen) atoms. The molecule has 0 spiro atoms. The van der Waals surface area contributed by atoms with Crippen LogP contribution in [-0.2, 0) is 0 Å². The van der Waals surface area contributed by atoms with Gasteiger partial charge in [-0.2, -0.15) is 0 Å². The number of hydrogen-bond donors (Lipinski definition) is 2. The number of amides is 1. The highest BCUT2D eigenvalue weighted by Crippen LogP contribution is 2.26. The summed E-state index contributed by atoms with van der Waals surface area (Å²) in [5.41, 5.74) is 2.10. The fourth-order valence-corrected chi connectivity index (χ4v) is 4.48. The van der Waals surface area contributed by atoms with E-state index in [1.165, 1.54) is 43.6 Å². The first-order valence-electron chi connectivity index (χ1n) is 9.79. The number of carbonyl (C=O) groups is 1. The number of nitrogens with zero attached hydrogens (tertiary/aromatic N) is 4. The van der Waals surface area contributed by atoms with E-state index in [0.717, 1.165) is 37.7 Å². The normalized spacial score (nSPS) is 19.3. The molecule has 3 heterocycles. The molecule has 2 aliphatic rings. The Labute approximate surface area is 163 Å². The lowest BCUT2D eigenvalue weighted by molar-refractivity contribution is 0.102. The Bertz CT molecular complexity index is 721. The molecule has 144 valence electrons. The van der Waals surface area contributed by atoms with Crippen LogP contribution < -0.4 is 10.6 Å². The van der Waals surface area contributed by atoms with Gasteiger partial charge in [-0.05, 0) is 43.7 Å². The standard InChI is InChI=1S/C19H26N6OS/c26-18(23-19-24-21-13-27-19)15-5-6-17(20-11-15)22-16-7-9-25(10-8-16)12-14-3-1-2-4-14/h5-6,11,13-14,16H,1-4,7-10,12H2,(H,20,22)(H,23,24,26). The van der Waals surface area contributed by atoms with Crippen molar-refractivity contribution in [3.8, 4) is 0 Å². The highest BCUT2D eigenvalue weighted by molar-refractivity contribution is 7.13. The molecule has 1 aliphatic heterocycles. The molecule has 0 radical (unpaired) electrons. The van der Waals surface area contributed by atoms with E-state index in [1.54, 1.807) is 17.8 Å². The summed E-state index contributed by atoms with van der Waals surface area (Å²) in [7, 11) is 0. The molecule has 0 bridgehead atoms. The average Bonchev–Trinajstić information content (AvgIpc) is 3.38. The van der Waals surface area contributed by atoms with Crippen molar-refractivity contribution in [1.29, 1.82) is 0 Å². The highest BCUT2D eigenvalue weighted by atomic mass is 32.1. The first kappa shape index (κ1) is 18.3. The maximum Gasteiger partial charge on any atom is 0.259 e. The molecular formula is C19H26N6OS. The lowest BCUT2D eigenvalue weighted by atomic mass is 10.0. The lowest BCUT2D eigenvalue weighted by Crippen LogP contribution is -2.41. The third kappa shape index (κ3) is 5.01. The quantitative estimate of drug-likeness (QED) is 0.793. The zero-order valence-electron chi connectivity index (χ0n) is 15.4. The van der Waals surface area contributed by atoms with Gasteiger partial charge in [0.1, 0.15) is 11.3 Å². The minimum Gasteiger partial charge on any atom is -0.367 e. The van der Waals surface area contributed by atoms with Gasteiger partial charge in [0.2, 0.25) is 5.13 Å². The van der Waals surface area contributed by atoms with E-state index in [2.05, 4.69) is 30.7 Å². The number of nitrogens with one attached hydrogen (secondary N) is 2. The van der Waals surface area contributed by atoms with Gasteiger partial charge in [0.05, 0.1) is 5.56 Å². The summed E-state index contributed by atoms with van der Waals surface area (Å²) in [5, 5.41) is 14.2. The highest BCUT2D eigenvalue weighted by Gasteiger charge is 2.23. The van der Waals surface area contributed by atoms with E-state index in [9.17, 15) is 4.79 Å². The first-order valence-corrected chi connectivity index (χ1v) is 10.7. The van der Waals surface area contributed by atoms with Crippen LogP contribution in [0.1, 0.15) is 48.9 Å². The number of anilines is 2. The van der Waals surface area contributed by atoms with Gasteiger partial charge in [-0.3, -0.25) is 10.1 Å². The fraction of sp³-hybridized carbons (Fsp3) is 0.579. The molecule has 1 saturated carbocycles. The number of aromatic nitrogens is 3. The largest absolute Gasteiger partial charge is 0.367 e. The second-order valence-corrected chi connectivity index (χ2v) is 8.33. The Morgan fingerprint density at radius 2 is 2.00 bits per heavy atom. The number of pyridine rings is 1. The number of piperidine rings is 1. The van der Waals surface area contributed by atoms with Gasteiger partial charge in [-0.1, -0.05) is 24.2 Å². The maximum absolute atomic E-state index is 12.2. The van der Waals surface area contributed by atoms with Crippen LogP contribution in [0.2, 0.25) is 0 Å². The molecule has 0 atom stereocenters. The molecule has 0 unspecified atom stereocenters. The van der Waals surface area contributed by atoms with Crippen molar-refractivity contribution in [2.75, 3.05) is 30.3 Å². The Balaban J connectivity index is 1.23. The van der Waals surface area contributed by atoms with Gasteiger partial charge in [-0.15, -0.1) is 10.2 Å². The average molecular weight is 387 g/mol. The minimum atomic E-state index is -0.217. The molecule has 2 aromatic rings. The van der Waals surface area contributed by atoms with Gasteiger partial charge in [-0.25, -0.2) is 4.98 Å². The van der Waals surface area contributed by atoms with Crippen molar-refractivity contribution in [2.24, 2.45) is 5.92 Å². The van der Waals surface area contributed by atoms with Crippen LogP contribution in [0.4, 0.5) is 10.9 Å². The fourth-order valence-electron chi connectivity index (χ4n) is 4.04. The smallest absolute Gasteiger partial charge is 0.259 e. The van der Waals surface area contributed by atoms with Gasteiger partial charge in [0, 0.05) is 31.9 Å². The SMILES string of the molecule is O=C(Nc1nncs1)c1ccc(NC2CCN(CC3CCCC3)CC2)nc1. The Kier molecular flexibility index (Phi) is 5.94. The van der Waals surface area contributed by atoms with Crippen molar-refractivity contribution in [2.45, 2.75) is 44.6 Å². The third-order valence-corrected chi connectivity index (χ3v) is 6.14. The van der Waals surface area contributed by atoms with Crippen LogP contribution in [0.15, 0.2) is 23.8 Å². The Morgan fingerprint density at radius 3 is 2.67 bits per heavy atom. The molecule has 1 aliphatic carbocycles. The van der Waals surface area contributed by atoms with Crippen LogP contribution in [0.5, 0.6) is 0 Å². The van der Waals surface area contributed by atoms with Gasteiger partial charge >= 0.3 is 0 Å². The van der Waals surface area contributed by atoms with Crippen LogP contribution in [0.25, 0.3) is 0 Å². The summed E-state index contributed by atoms with van der Waals surface area (Å²) in [6, 6.07) is 4.12. The van der Waals surface area contributed by atoms with E-state index >= 15 is 0 Å². The Morgan fingerprint density at radius 1 is 1.19 bits per heavy atom. The molecule has 1 saturated heterocycles. The van der Waals surface area contributed by atoms with Crippen LogP contribution >= 0.6 is 11.3 Å². The van der Waals surface area contributed by atoms with Crippen molar-refractivity contribution in [3.63, 3.8) is 0 Å². The van der Waals surface area contributed by atoms with E-state index in [4.69, 9.17) is 0 Å². The van der Waals surface area contributed by atoms with Crippen molar-refractivity contribution >= 4 is 28.2 Å². The van der Waals surface area contributed by atoms with E-state index in [-0.39, 0.29) is 5.91 Å². The van der Waals surface area contributed by atoms with Crippen molar-refractivity contribution in [1.82, 2.24) is 20.1 Å². The first-order chi connectivity index (χ1) is 13.3. The maximum atomic E-state index is 12.2. The van der Waals surface area contributed by atoms with Crippen molar-refractivity contribution in [3.05, 3.63) is 29.4 Å². The molecule has 8 heteroatoms. The number of carbonyl (C=O) groups excluding carboxylic acids is 1. The molecule has 4 rings (SSSR count). The van der Waals surface area contributed by atoms with Gasteiger partial charge in [0.25, 0.3) is 5.91 Å². The summed E-state index contributed by atoms with van der Waals surface area (Å²) < 4.78 is 0. The summed E-state index contributed by atoms with van der Waals surface area (Å²) >= 11 is 1.29. The minimum absolute atomic E-state index is 0.217. The molecule has 0 aromatic carbocycles. The number of rotatable bonds is 6. The molecular weight excluding hydrogens is 360 g/mol. The molecule has 1 amide bonds. The van der Waals surface area contributed by atoms with Crippen LogP contribution in [-0.4, -0.2) is 51.7 Å². The molecule has 7 nitrogen and oxygen atoms in total. The molecule has 2 fully saturated rings. The lowest BCUT2D eigenvalue weighted by Gasteiger charge is -2.34. The van der Waals surface area contributed by atoms with E-state index in [1.807, 2.05) is 6.07 Å². The van der Waals surface area contributed by atoms with Crippen LogP contribution in [0, 0.1) is 5.92 Å². The second kappa shape index (κ2) is 8.75.